The maximum atomic E-state index is 12.4. The quantitative estimate of drug-likeness (QED) is 0.903. The molecule has 4 heteroatoms. The van der Waals surface area contributed by atoms with Gasteiger partial charge in [-0.15, -0.1) is 0 Å². The largest absolute Gasteiger partial charge is 0.343 e. The van der Waals surface area contributed by atoms with Crippen molar-refractivity contribution in [3.8, 4) is 0 Å². The van der Waals surface area contributed by atoms with Gasteiger partial charge in [0.25, 0.3) is 0 Å². The van der Waals surface area contributed by atoms with Crippen LogP contribution in [0.5, 0.6) is 0 Å². The van der Waals surface area contributed by atoms with Crippen LogP contribution < -0.4 is 10.2 Å². The lowest BCUT2D eigenvalue weighted by atomic mass is 10.1. The van der Waals surface area contributed by atoms with Gasteiger partial charge >= 0.3 is 0 Å². The number of benzene rings is 1. The molecule has 1 atom stereocenters. The van der Waals surface area contributed by atoms with Crippen molar-refractivity contribution in [2.45, 2.75) is 39.7 Å². The molecule has 0 bridgehead atoms. The van der Waals surface area contributed by atoms with E-state index >= 15 is 0 Å². The first-order chi connectivity index (χ1) is 9.02. The van der Waals surface area contributed by atoms with Crippen molar-refractivity contribution in [2.24, 2.45) is 0 Å². The molecule has 2 rings (SSSR count). The van der Waals surface area contributed by atoms with E-state index in [1.165, 1.54) is 5.56 Å². The number of hydrogen-bond acceptors (Lipinski definition) is 2. The lowest BCUT2D eigenvalue weighted by molar-refractivity contribution is -0.131. The second kappa shape index (κ2) is 5.43. The van der Waals surface area contributed by atoms with Gasteiger partial charge in [0, 0.05) is 5.69 Å². The molecular formula is C15H20N2O2. The molecule has 1 saturated heterocycles. The number of carbonyl (C=O) groups is 2. The number of nitrogens with one attached hydrogen (secondary N) is 1. The number of anilines is 1. The van der Waals surface area contributed by atoms with Crippen LogP contribution in [0.2, 0.25) is 0 Å². The molecule has 102 valence electrons. The average Bonchev–Trinajstić information content (AvgIpc) is 2.37. The van der Waals surface area contributed by atoms with Crippen molar-refractivity contribution < 1.29 is 9.59 Å². The van der Waals surface area contributed by atoms with Gasteiger partial charge in [0.15, 0.2) is 0 Å². The summed E-state index contributed by atoms with van der Waals surface area (Å²) in [5.74, 6) is -0.0963. The number of nitrogens with zero attached hydrogens (tertiary/aromatic N) is 1. The molecule has 0 radical (unpaired) electrons. The van der Waals surface area contributed by atoms with Gasteiger partial charge in [-0.1, -0.05) is 19.4 Å². The zero-order valence-electron chi connectivity index (χ0n) is 11.7. The molecule has 1 N–H and O–H groups in total. The molecule has 0 aliphatic carbocycles. The maximum absolute atomic E-state index is 12.4. The zero-order chi connectivity index (χ0) is 14.0. The standard InChI is InChI=1S/C15H20N2O2/c1-4-5-13-15(19)17(9-14(18)16-13)12-7-6-10(2)11(3)8-12/h6-8,13H,4-5,9H2,1-3H3,(H,16,18). The Morgan fingerprint density at radius 3 is 2.63 bits per heavy atom. The van der Waals surface area contributed by atoms with Gasteiger partial charge in [-0.05, 0) is 43.5 Å². The molecule has 4 nitrogen and oxygen atoms in total. The van der Waals surface area contributed by atoms with Crippen molar-refractivity contribution in [2.75, 3.05) is 11.4 Å². The van der Waals surface area contributed by atoms with Gasteiger partial charge in [-0.2, -0.15) is 0 Å². The topological polar surface area (TPSA) is 49.4 Å². The highest BCUT2D eigenvalue weighted by molar-refractivity contribution is 6.06. The fraction of sp³-hybridized carbons (Fsp3) is 0.467. The Hall–Kier alpha value is -1.84. The molecule has 1 fully saturated rings. The molecule has 0 spiro atoms. The van der Waals surface area contributed by atoms with E-state index in [-0.39, 0.29) is 24.4 Å². The smallest absolute Gasteiger partial charge is 0.250 e. The molecule has 1 heterocycles. The molecule has 1 aliphatic heterocycles. The van der Waals surface area contributed by atoms with E-state index in [0.29, 0.717) is 6.42 Å². The van der Waals surface area contributed by atoms with Crippen LogP contribution in [0.1, 0.15) is 30.9 Å². The van der Waals surface area contributed by atoms with Crippen LogP contribution in [-0.2, 0) is 9.59 Å². The predicted molar refractivity (Wildman–Crippen MR) is 75.1 cm³/mol. The van der Waals surface area contributed by atoms with Crippen molar-refractivity contribution >= 4 is 17.5 Å². The van der Waals surface area contributed by atoms with E-state index in [9.17, 15) is 9.59 Å². The fourth-order valence-electron chi connectivity index (χ4n) is 2.31. The van der Waals surface area contributed by atoms with Crippen molar-refractivity contribution in [3.05, 3.63) is 29.3 Å². The lowest BCUT2D eigenvalue weighted by Gasteiger charge is -2.32. The molecule has 1 unspecified atom stereocenters. The average molecular weight is 260 g/mol. The third kappa shape index (κ3) is 2.78. The van der Waals surface area contributed by atoms with Crippen LogP contribution in [0, 0.1) is 13.8 Å². The minimum absolute atomic E-state index is 0.00953. The first-order valence-electron chi connectivity index (χ1n) is 6.71. The first-order valence-corrected chi connectivity index (χ1v) is 6.71. The van der Waals surface area contributed by atoms with Gasteiger partial charge in [-0.3, -0.25) is 9.59 Å². The summed E-state index contributed by atoms with van der Waals surface area (Å²) in [7, 11) is 0. The molecule has 2 amide bonds. The second-order valence-electron chi connectivity index (χ2n) is 5.10. The predicted octanol–water partition coefficient (Wildman–Crippen LogP) is 1.93. The molecule has 0 saturated carbocycles. The van der Waals surface area contributed by atoms with Crippen LogP contribution in [0.25, 0.3) is 0 Å². The minimum atomic E-state index is -0.382. The number of hydrogen-bond donors (Lipinski definition) is 1. The summed E-state index contributed by atoms with van der Waals surface area (Å²) >= 11 is 0. The fourth-order valence-corrected chi connectivity index (χ4v) is 2.31. The van der Waals surface area contributed by atoms with Crippen LogP contribution in [0.3, 0.4) is 0 Å². The van der Waals surface area contributed by atoms with Gasteiger partial charge in [0.2, 0.25) is 11.8 Å². The summed E-state index contributed by atoms with van der Waals surface area (Å²) < 4.78 is 0. The van der Waals surface area contributed by atoms with E-state index in [1.807, 2.05) is 39.0 Å². The normalized spacial score (nSPS) is 19.5. The van der Waals surface area contributed by atoms with Gasteiger partial charge < -0.3 is 10.2 Å². The van der Waals surface area contributed by atoms with Crippen molar-refractivity contribution in [3.63, 3.8) is 0 Å². The second-order valence-corrected chi connectivity index (χ2v) is 5.10. The zero-order valence-corrected chi connectivity index (χ0v) is 11.7. The summed E-state index contributed by atoms with van der Waals surface area (Å²) in [5, 5.41) is 2.76. The van der Waals surface area contributed by atoms with Crippen LogP contribution in [0.4, 0.5) is 5.69 Å². The Bertz CT molecular complexity index is 511. The van der Waals surface area contributed by atoms with E-state index in [2.05, 4.69) is 5.32 Å². The van der Waals surface area contributed by atoms with E-state index in [4.69, 9.17) is 0 Å². The van der Waals surface area contributed by atoms with Gasteiger partial charge in [-0.25, -0.2) is 0 Å². The minimum Gasteiger partial charge on any atom is -0.343 e. The van der Waals surface area contributed by atoms with Crippen LogP contribution >= 0.6 is 0 Å². The SMILES string of the molecule is CCCC1NC(=O)CN(c2ccc(C)c(C)c2)C1=O. The number of aryl methyl sites for hydroxylation is 2. The third-order valence-corrected chi connectivity index (χ3v) is 3.58. The Morgan fingerprint density at radius 2 is 2.00 bits per heavy atom. The number of amides is 2. The van der Waals surface area contributed by atoms with E-state index < -0.39 is 0 Å². The first kappa shape index (κ1) is 13.6. The summed E-state index contributed by atoms with van der Waals surface area (Å²) in [6.45, 7) is 6.16. The highest BCUT2D eigenvalue weighted by atomic mass is 16.2. The van der Waals surface area contributed by atoms with Gasteiger partial charge in [0.1, 0.15) is 12.6 Å². The van der Waals surface area contributed by atoms with E-state index in [0.717, 1.165) is 17.7 Å². The molecule has 0 aromatic heterocycles. The number of piperazine rings is 1. The lowest BCUT2D eigenvalue weighted by Crippen LogP contribution is -2.58. The summed E-state index contributed by atoms with van der Waals surface area (Å²) in [6, 6.07) is 5.48. The highest BCUT2D eigenvalue weighted by Gasteiger charge is 2.32. The Balaban J connectivity index is 2.28. The van der Waals surface area contributed by atoms with Crippen molar-refractivity contribution in [1.82, 2.24) is 5.32 Å². The van der Waals surface area contributed by atoms with Crippen molar-refractivity contribution in [1.29, 1.82) is 0 Å². The highest BCUT2D eigenvalue weighted by Crippen LogP contribution is 2.21. The van der Waals surface area contributed by atoms with Gasteiger partial charge in [0.05, 0.1) is 0 Å². The number of carbonyl (C=O) groups excluding carboxylic acids is 2. The maximum Gasteiger partial charge on any atom is 0.250 e. The summed E-state index contributed by atoms with van der Waals surface area (Å²) in [6.07, 6.45) is 1.56. The Morgan fingerprint density at radius 1 is 1.26 bits per heavy atom. The molecule has 1 aromatic carbocycles. The summed E-state index contributed by atoms with van der Waals surface area (Å²) in [5.41, 5.74) is 3.12. The Kier molecular flexibility index (Phi) is 3.88. The number of rotatable bonds is 3. The summed E-state index contributed by atoms with van der Waals surface area (Å²) in [4.78, 5) is 25.7. The third-order valence-electron chi connectivity index (χ3n) is 3.58. The van der Waals surface area contributed by atoms with Crippen LogP contribution in [0.15, 0.2) is 18.2 Å². The molecular weight excluding hydrogens is 240 g/mol. The molecule has 1 aliphatic rings. The monoisotopic (exact) mass is 260 g/mol. The molecule has 1 aromatic rings. The molecule has 19 heavy (non-hydrogen) atoms. The Labute approximate surface area is 113 Å². The van der Waals surface area contributed by atoms with E-state index in [1.54, 1.807) is 4.90 Å². The van der Waals surface area contributed by atoms with Crippen LogP contribution in [-0.4, -0.2) is 24.4 Å².